The average molecular weight is 932 g/mol. The van der Waals surface area contributed by atoms with Gasteiger partial charge in [0, 0.05) is 37.6 Å². The van der Waals surface area contributed by atoms with Crippen LogP contribution in [0.15, 0.2) is 78.3 Å². The quantitative estimate of drug-likeness (QED) is 0.0462. The van der Waals surface area contributed by atoms with E-state index >= 15 is 0 Å². The molecule has 0 spiro atoms. The molecule has 64 heavy (non-hydrogen) atoms. The van der Waals surface area contributed by atoms with E-state index in [0.29, 0.717) is 31.8 Å². The van der Waals surface area contributed by atoms with Crippen LogP contribution in [-0.4, -0.2) is 111 Å². The Morgan fingerprint density at radius 1 is 0.922 bits per heavy atom. The van der Waals surface area contributed by atoms with E-state index in [2.05, 4.69) is 91.6 Å². The number of nitrogens with zero attached hydrogens (tertiary/aromatic N) is 3. The molecule has 0 aliphatic heterocycles. The van der Waals surface area contributed by atoms with Crippen molar-refractivity contribution in [3.05, 3.63) is 89.5 Å². The lowest BCUT2D eigenvalue weighted by Crippen LogP contribution is -2.51. The first kappa shape index (κ1) is 56.6. The Morgan fingerprint density at radius 2 is 1.53 bits per heavy atom. The Bertz CT molecular complexity index is 1990. The van der Waals surface area contributed by atoms with Gasteiger partial charge in [0.1, 0.15) is 6.04 Å². The van der Waals surface area contributed by atoms with Crippen LogP contribution >= 0.6 is 11.8 Å². The topological polar surface area (TPSA) is 180 Å². The van der Waals surface area contributed by atoms with Gasteiger partial charge in [-0.25, -0.2) is 19.4 Å². The van der Waals surface area contributed by atoms with Gasteiger partial charge in [-0.1, -0.05) is 86.0 Å². The molecule has 1 aromatic heterocycles. The van der Waals surface area contributed by atoms with Crippen molar-refractivity contribution in [2.45, 2.75) is 104 Å². The number of carboxylic acids is 2. The zero-order chi connectivity index (χ0) is 48.6. The fourth-order valence-corrected chi connectivity index (χ4v) is 6.36. The molecule has 0 radical (unpaired) electrons. The van der Waals surface area contributed by atoms with Crippen LogP contribution in [0, 0.1) is 5.92 Å². The number of aliphatic carboxylic acids is 2. The van der Waals surface area contributed by atoms with Crippen LogP contribution in [0.2, 0.25) is 0 Å². The number of allylic oxidation sites excluding steroid dienone is 4. The molecule has 2 aromatic carbocycles. The summed E-state index contributed by atoms with van der Waals surface area (Å²) in [6, 6.07) is 13.5. The fraction of sp³-hybridized carbons (Fsp3) is 0.500. The monoisotopic (exact) mass is 931 g/mol. The smallest absolute Gasteiger partial charge is 0.475 e. The Balaban J connectivity index is 0.00000126. The molecule has 3 aromatic rings. The number of thioether (sulfide) groups is 1. The van der Waals surface area contributed by atoms with E-state index in [1.165, 1.54) is 18.3 Å². The number of nitrogens with one attached hydrogen (secondary N) is 2. The van der Waals surface area contributed by atoms with E-state index in [1.807, 2.05) is 29.0 Å². The van der Waals surface area contributed by atoms with Crippen LogP contribution in [0.4, 0.5) is 26.3 Å². The first-order chi connectivity index (χ1) is 29.9. The van der Waals surface area contributed by atoms with Crippen LogP contribution in [-0.2, 0) is 48.2 Å². The summed E-state index contributed by atoms with van der Waals surface area (Å²) in [5, 5.41) is 22.7. The van der Waals surface area contributed by atoms with Gasteiger partial charge in [-0.3, -0.25) is 14.5 Å². The Kier molecular flexibility index (Phi) is 25.2. The maximum Gasteiger partial charge on any atom is 0.490 e. The highest BCUT2D eigenvalue weighted by Crippen LogP contribution is 2.22. The van der Waals surface area contributed by atoms with Gasteiger partial charge in [0.25, 0.3) is 0 Å². The lowest BCUT2D eigenvalue weighted by molar-refractivity contribution is -0.193. The molecule has 20 heteroatoms. The van der Waals surface area contributed by atoms with E-state index in [1.54, 1.807) is 24.3 Å². The molecule has 0 fully saturated rings. The minimum Gasteiger partial charge on any atom is -0.475 e. The summed E-state index contributed by atoms with van der Waals surface area (Å²) >= 11 is 1.61. The minimum atomic E-state index is -5.08. The van der Waals surface area contributed by atoms with Crippen LogP contribution in [0.1, 0.15) is 71.6 Å². The number of hydrogen-bond donors (Lipinski definition) is 4. The molecular formula is C44H59F6N5O8S. The molecule has 3 atom stereocenters. The van der Waals surface area contributed by atoms with Gasteiger partial charge < -0.3 is 30.2 Å². The number of carboxylic acid groups (broad SMARTS) is 2. The second kappa shape index (κ2) is 28.4. The number of ether oxygens (including phenoxy) is 1. The second-order valence-corrected chi connectivity index (χ2v) is 16.0. The van der Waals surface area contributed by atoms with Crippen molar-refractivity contribution in [2.24, 2.45) is 5.92 Å². The number of carbonyl (C=O) groups is 5. The zero-order valence-corrected chi connectivity index (χ0v) is 37.8. The first-order valence-electron chi connectivity index (χ1n) is 20.2. The third-order valence-electron chi connectivity index (χ3n) is 9.56. The molecule has 356 valence electrons. The number of benzene rings is 2. The van der Waals surface area contributed by atoms with Gasteiger partial charge in [-0.2, -0.15) is 38.1 Å². The van der Waals surface area contributed by atoms with Gasteiger partial charge in [0.2, 0.25) is 11.8 Å². The van der Waals surface area contributed by atoms with E-state index in [-0.39, 0.29) is 36.7 Å². The van der Waals surface area contributed by atoms with Gasteiger partial charge in [-0.15, -0.1) is 0 Å². The number of fused-ring (bicyclic) bond motifs is 1. The maximum absolute atomic E-state index is 13.6. The second-order valence-electron chi connectivity index (χ2n) is 15.0. The number of imidazole rings is 1. The standard InChI is InChI=1S/C40H57N5O4S.2C2HF3O2/c1-8-31(5)37(43-38(46)23-34-24-41-28-45(34)21-19-30(4)14-11-13-29(2)3)26-44(25-33-17-12-16-32-15-9-10-18-35(32)33)27-39(47)42-36(20-22-50-7)40(48)49-6;2*3-2(4,5)1(6)7/h9-10,12-13,15-19,24,28,31,36-37H,8,11,14,20-23,25-27H2,1-7H3,(H,42,47)(H,43,46);2*(H,6,7)/b30-19+;;/t31-,36-,37+;;/m0../s1. The van der Waals surface area contributed by atoms with Gasteiger partial charge >= 0.3 is 30.3 Å². The number of methoxy groups -OCH3 is 1. The number of hydrogen-bond acceptors (Lipinski definition) is 9. The molecule has 13 nitrogen and oxygen atoms in total. The summed E-state index contributed by atoms with van der Waals surface area (Å²) in [7, 11) is 1.34. The summed E-state index contributed by atoms with van der Waals surface area (Å²) < 4.78 is 70.5. The number of esters is 1. The van der Waals surface area contributed by atoms with Crippen molar-refractivity contribution in [1.29, 1.82) is 0 Å². The number of carbonyl (C=O) groups excluding carboxylic acids is 3. The predicted octanol–water partition coefficient (Wildman–Crippen LogP) is 7.98. The van der Waals surface area contributed by atoms with E-state index < -0.39 is 36.3 Å². The molecule has 2 amide bonds. The lowest BCUT2D eigenvalue weighted by Gasteiger charge is -2.32. The lowest BCUT2D eigenvalue weighted by atomic mass is 9.97. The third-order valence-corrected chi connectivity index (χ3v) is 10.2. The Morgan fingerprint density at radius 3 is 2.09 bits per heavy atom. The summed E-state index contributed by atoms with van der Waals surface area (Å²) in [6.07, 6.45) is 3.35. The van der Waals surface area contributed by atoms with E-state index in [0.717, 1.165) is 41.3 Å². The van der Waals surface area contributed by atoms with Crippen molar-refractivity contribution < 1.29 is 65.3 Å². The minimum absolute atomic E-state index is 0.0604. The first-order valence-corrected chi connectivity index (χ1v) is 21.5. The molecule has 0 aliphatic rings. The Labute approximate surface area is 373 Å². The molecule has 0 saturated heterocycles. The molecule has 0 unspecified atom stereocenters. The maximum atomic E-state index is 13.6. The van der Waals surface area contributed by atoms with Gasteiger partial charge in [0.05, 0.1) is 26.4 Å². The van der Waals surface area contributed by atoms with Gasteiger partial charge in [0.15, 0.2) is 0 Å². The summed E-state index contributed by atoms with van der Waals surface area (Å²) in [4.78, 5) is 63.8. The number of amides is 2. The molecule has 4 N–H and O–H groups in total. The number of aromatic nitrogens is 2. The van der Waals surface area contributed by atoms with Crippen molar-refractivity contribution in [3.8, 4) is 0 Å². The third kappa shape index (κ3) is 22.3. The normalized spacial score (nSPS) is 13.0. The van der Waals surface area contributed by atoms with Gasteiger partial charge in [-0.05, 0) is 74.3 Å². The van der Waals surface area contributed by atoms with E-state index in [4.69, 9.17) is 24.5 Å². The van der Waals surface area contributed by atoms with Crippen molar-refractivity contribution in [1.82, 2.24) is 25.1 Å². The predicted molar refractivity (Wildman–Crippen MR) is 233 cm³/mol. The highest BCUT2D eigenvalue weighted by molar-refractivity contribution is 7.98. The summed E-state index contributed by atoms with van der Waals surface area (Å²) in [6.45, 7) is 12.3. The van der Waals surface area contributed by atoms with Crippen LogP contribution in [0.5, 0.6) is 0 Å². The zero-order valence-electron chi connectivity index (χ0n) is 37.0. The summed E-state index contributed by atoms with van der Waals surface area (Å²) in [5.74, 6) is -5.45. The van der Waals surface area contributed by atoms with E-state index in [9.17, 15) is 40.7 Å². The number of alkyl halides is 6. The largest absolute Gasteiger partial charge is 0.490 e. The molecule has 0 saturated carbocycles. The number of halogens is 6. The highest BCUT2D eigenvalue weighted by atomic mass is 32.2. The fourth-order valence-electron chi connectivity index (χ4n) is 5.88. The Hall–Kier alpha value is -5.37. The highest BCUT2D eigenvalue weighted by Gasteiger charge is 2.39. The summed E-state index contributed by atoms with van der Waals surface area (Å²) in [5.41, 5.74) is 4.57. The SMILES string of the molecule is CC[C@H](C)[C@@H](CN(CC(=O)N[C@@H](CCSC)C(=O)OC)Cc1cccc2ccccc12)NC(=O)Cc1cncn1C/C=C(\C)CCC=C(C)C.O=C(O)C(F)(F)F.O=C(O)C(F)(F)F. The van der Waals surface area contributed by atoms with Crippen molar-refractivity contribution in [2.75, 3.05) is 32.2 Å². The van der Waals surface area contributed by atoms with Crippen LogP contribution in [0.3, 0.4) is 0 Å². The molecular weight excluding hydrogens is 873 g/mol. The van der Waals surface area contributed by atoms with Crippen molar-refractivity contribution >= 4 is 52.3 Å². The molecule has 0 aliphatic carbocycles. The average Bonchev–Trinajstić information content (AvgIpc) is 3.66. The van der Waals surface area contributed by atoms with Crippen LogP contribution in [0.25, 0.3) is 10.8 Å². The van der Waals surface area contributed by atoms with Crippen LogP contribution < -0.4 is 10.6 Å². The molecule has 3 rings (SSSR count). The number of rotatable bonds is 21. The van der Waals surface area contributed by atoms with Crippen molar-refractivity contribution in [3.63, 3.8) is 0 Å². The molecule has 0 bridgehead atoms. The molecule has 1 heterocycles.